The number of aryl methyl sites for hydroxylation is 1. The van der Waals surface area contributed by atoms with Crippen LogP contribution < -0.4 is 10.9 Å². The molecule has 92 valence electrons. The van der Waals surface area contributed by atoms with Crippen LogP contribution in [0.5, 0.6) is 0 Å². The highest BCUT2D eigenvalue weighted by Gasteiger charge is 2.11. The summed E-state index contributed by atoms with van der Waals surface area (Å²) < 4.78 is 0. The quantitative estimate of drug-likeness (QED) is 0.858. The maximum Gasteiger partial charge on any atom is 0.262 e. The molecule has 0 saturated carbocycles. The van der Waals surface area contributed by atoms with Crippen LogP contribution in [0.4, 0.5) is 5.82 Å². The molecule has 2 aromatic rings. The van der Waals surface area contributed by atoms with E-state index in [1.165, 1.54) is 18.5 Å². The molecule has 0 aliphatic rings. The molecule has 0 spiro atoms. The molecule has 2 N–H and O–H groups in total. The number of pyridine rings is 1. The Kier molecular flexibility index (Phi) is 3.38. The molecule has 6 nitrogen and oxygen atoms in total. The molecule has 0 radical (unpaired) electrons. The summed E-state index contributed by atoms with van der Waals surface area (Å²) >= 11 is 5.63. The SMILES string of the molecule is Cc1ccc(C(=O)Nc2cncc(Cl)n2)c(=O)[nH]1. The van der Waals surface area contributed by atoms with Crippen molar-refractivity contribution < 1.29 is 4.79 Å². The number of halogens is 1. The van der Waals surface area contributed by atoms with Gasteiger partial charge in [-0.15, -0.1) is 0 Å². The van der Waals surface area contributed by atoms with Crippen LogP contribution in [0.1, 0.15) is 16.1 Å². The van der Waals surface area contributed by atoms with E-state index in [2.05, 4.69) is 20.3 Å². The lowest BCUT2D eigenvalue weighted by Crippen LogP contribution is -2.23. The Bertz CT molecular complexity index is 653. The Morgan fingerprint density at radius 1 is 1.39 bits per heavy atom. The summed E-state index contributed by atoms with van der Waals surface area (Å²) in [6, 6.07) is 3.08. The number of carbonyl (C=O) groups is 1. The van der Waals surface area contributed by atoms with Gasteiger partial charge in [0, 0.05) is 5.69 Å². The molecule has 0 atom stereocenters. The van der Waals surface area contributed by atoms with Gasteiger partial charge >= 0.3 is 0 Å². The predicted octanol–water partition coefficient (Wildman–Crippen LogP) is 1.38. The zero-order chi connectivity index (χ0) is 13.1. The second kappa shape index (κ2) is 4.97. The van der Waals surface area contributed by atoms with E-state index in [9.17, 15) is 9.59 Å². The van der Waals surface area contributed by atoms with Gasteiger partial charge in [-0.3, -0.25) is 14.6 Å². The highest BCUT2D eigenvalue weighted by atomic mass is 35.5. The Labute approximate surface area is 107 Å². The summed E-state index contributed by atoms with van der Waals surface area (Å²) in [5.41, 5.74) is 0.226. The van der Waals surface area contributed by atoms with E-state index in [0.717, 1.165) is 0 Å². The van der Waals surface area contributed by atoms with Crippen molar-refractivity contribution in [1.82, 2.24) is 15.0 Å². The third kappa shape index (κ3) is 2.72. The smallest absolute Gasteiger partial charge is 0.262 e. The zero-order valence-corrected chi connectivity index (χ0v) is 10.2. The lowest BCUT2D eigenvalue weighted by molar-refractivity contribution is 0.102. The van der Waals surface area contributed by atoms with Crippen LogP contribution in [0.2, 0.25) is 5.15 Å². The van der Waals surface area contributed by atoms with E-state index in [1.807, 2.05) is 0 Å². The fourth-order valence-electron chi connectivity index (χ4n) is 1.34. The third-order valence-electron chi connectivity index (χ3n) is 2.15. The van der Waals surface area contributed by atoms with Crippen molar-refractivity contribution in [2.45, 2.75) is 6.92 Å². The number of aromatic amines is 1. The van der Waals surface area contributed by atoms with Crippen molar-refractivity contribution in [3.63, 3.8) is 0 Å². The van der Waals surface area contributed by atoms with Crippen LogP contribution in [-0.2, 0) is 0 Å². The van der Waals surface area contributed by atoms with Gasteiger partial charge < -0.3 is 10.3 Å². The first-order valence-electron chi connectivity index (χ1n) is 5.05. The van der Waals surface area contributed by atoms with Gasteiger partial charge in [0.05, 0.1) is 12.4 Å². The third-order valence-corrected chi connectivity index (χ3v) is 2.33. The monoisotopic (exact) mass is 264 g/mol. The lowest BCUT2D eigenvalue weighted by atomic mass is 10.2. The molecule has 7 heteroatoms. The molecule has 2 aromatic heterocycles. The van der Waals surface area contributed by atoms with Crippen LogP contribution in [0.25, 0.3) is 0 Å². The highest BCUT2D eigenvalue weighted by molar-refractivity contribution is 6.29. The number of amides is 1. The average molecular weight is 265 g/mol. The number of nitrogens with one attached hydrogen (secondary N) is 2. The fourth-order valence-corrected chi connectivity index (χ4v) is 1.48. The van der Waals surface area contributed by atoms with Crippen molar-refractivity contribution in [2.75, 3.05) is 5.32 Å². The maximum atomic E-state index is 11.8. The fraction of sp³-hybridized carbons (Fsp3) is 0.0909. The summed E-state index contributed by atoms with van der Waals surface area (Å²) in [5.74, 6) is -0.375. The number of hydrogen-bond donors (Lipinski definition) is 2. The van der Waals surface area contributed by atoms with E-state index < -0.39 is 11.5 Å². The summed E-state index contributed by atoms with van der Waals surface area (Å²) in [7, 11) is 0. The van der Waals surface area contributed by atoms with Crippen molar-refractivity contribution in [3.05, 3.63) is 51.3 Å². The average Bonchev–Trinajstić information content (AvgIpc) is 2.28. The van der Waals surface area contributed by atoms with E-state index in [-0.39, 0.29) is 16.5 Å². The largest absolute Gasteiger partial charge is 0.326 e. The second-order valence-corrected chi connectivity index (χ2v) is 3.95. The van der Waals surface area contributed by atoms with Crippen LogP contribution in [-0.4, -0.2) is 20.9 Å². The van der Waals surface area contributed by atoms with E-state index in [0.29, 0.717) is 5.69 Å². The van der Waals surface area contributed by atoms with Gasteiger partial charge in [-0.1, -0.05) is 11.6 Å². The Morgan fingerprint density at radius 2 is 2.17 bits per heavy atom. The first-order chi connectivity index (χ1) is 8.56. The minimum atomic E-state index is -0.562. The van der Waals surface area contributed by atoms with Gasteiger partial charge in [0.2, 0.25) is 0 Å². The van der Waals surface area contributed by atoms with Gasteiger partial charge in [0.15, 0.2) is 5.82 Å². The molecule has 0 aromatic carbocycles. The van der Waals surface area contributed by atoms with Crippen LogP contribution in [0.3, 0.4) is 0 Å². The summed E-state index contributed by atoms with van der Waals surface area (Å²) in [5, 5.41) is 2.60. The van der Waals surface area contributed by atoms with Crippen molar-refractivity contribution in [3.8, 4) is 0 Å². The maximum absolute atomic E-state index is 11.8. The van der Waals surface area contributed by atoms with Crippen LogP contribution in [0, 0.1) is 6.92 Å². The van der Waals surface area contributed by atoms with Gasteiger partial charge in [-0.25, -0.2) is 4.98 Å². The molecule has 0 aliphatic heterocycles. The summed E-state index contributed by atoms with van der Waals surface area (Å²) in [6.07, 6.45) is 2.68. The molecular formula is C11H9ClN4O2. The first kappa shape index (κ1) is 12.3. The Hall–Kier alpha value is -2.21. The number of hydrogen-bond acceptors (Lipinski definition) is 4. The minimum absolute atomic E-state index is 0.00220. The topological polar surface area (TPSA) is 87.7 Å². The molecule has 0 fully saturated rings. The minimum Gasteiger partial charge on any atom is -0.326 e. The van der Waals surface area contributed by atoms with Crippen molar-refractivity contribution in [2.24, 2.45) is 0 Å². The predicted molar refractivity (Wildman–Crippen MR) is 66.8 cm³/mol. The molecule has 0 saturated heterocycles. The number of carbonyl (C=O) groups excluding carboxylic acids is 1. The number of rotatable bonds is 2. The summed E-state index contributed by atoms with van der Waals surface area (Å²) in [6.45, 7) is 1.73. The number of anilines is 1. The lowest BCUT2D eigenvalue weighted by Gasteiger charge is -2.03. The standard InChI is InChI=1S/C11H9ClN4O2/c1-6-2-3-7(10(17)14-6)11(18)16-9-5-13-4-8(12)15-9/h2-5H,1H3,(H,14,17)(H,15,16,18). The number of nitrogens with zero attached hydrogens (tertiary/aromatic N) is 2. The first-order valence-corrected chi connectivity index (χ1v) is 5.43. The Balaban J connectivity index is 2.25. The van der Waals surface area contributed by atoms with Crippen molar-refractivity contribution >= 4 is 23.3 Å². The van der Waals surface area contributed by atoms with E-state index in [1.54, 1.807) is 13.0 Å². The molecule has 0 unspecified atom stereocenters. The van der Waals surface area contributed by atoms with Gasteiger partial charge in [0.1, 0.15) is 10.7 Å². The molecule has 2 heterocycles. The molecule has 2 rings (SSSR count). The highest BCUT2D eigenvalue weighted by Crippen LogP contribution is 2.07. The summed E-state index contributed by atoms with van der Waals surface area (Å²) in [4.78, 5) is 33.5. The molecule has 0 aliphatic carbocycles. The Morgan fingerprint density at radius 3 is 2.83 bits per heavy atom. The molecule has 0 bridgehead atoms. The molecule has 1 amide bonds. The number of aromatic nitrogens is 3. The van der Waals surface area contributed by atoms with Crippen LogP contribution >= 0.6 is 11.6 Å². The second-order valence-electron chi connectivity index (χ2n) is 3.57. The zero-order valence-electron chi connectivity index (χ0n) is 9.40. The van der Waals surface area contributed by atoms with Gasteiger partial charge in [0.25, 0.3) is 11.5 Å². The normalized spacial score (nSPS) is 10.1. The van der Waals surface area contributed by atoms with Crippen molar-refractivity contribution in [1.29, 1.82) is 0 Å². The van der Waals surface area contributed by atoms with Gasteiger partial charge in [-0.05, 0) is 19.1 Å². The number of H-pyrrole nitrogens is 1. The van der Waals surface area contributed by atoms with Gasteiger partial charge in [-0.2, -0.15) is 0 Å². The molecule has 18 heavy (non-hydrogen) atoms. The van der Waals surface area contributed by atoms with Crippen LogP contribution in [0.15, 0.2) is 29.3 Å². The van der Waals surface area contributed by atoms with E-state index in [4.69, 9.17) is 11.6 Å². The molecular weight excluding hydrogens is 256 g/mol. The van der Waals surface area contributed by atoms with E-state index >= 15 is 0 Å².